The van der Waals surface area contributed by atoms with Crippen LogP contribution in [0.4, 0.5) is 0 Å². The summed E-state index contributed by atoms with van der Waals surface area (Å²) in [4.78, 5) is 3.69. The summed E-state index contributed by atoms with van der Waals surface area (Å²) in [6.45, 7) is 4.00. The molecule has 0 spiro atoms. The molecule has 2 heteroatoms. The monoisotopic (exact) mass is 515 g/mol. The van der Waals surface area contributed by atoms with Gasteiger partial charge in [-0.2, -0.15) is 0 Å². The molecule has 2 heterocycles. The topological polar surface area (TPSA) is 28.9 Å². The van der Waals surface area contributed by atoms with Gasteiger partial charge in [0.2, 0.25) is 0 Å². The molecule has 0 saturated heterocycles. The Morgan fingerprint density at radius 1 is 0.425 bits per heavy atom. The summed E-state index contributed by atoms with van der Waals surface area (Å²) in [5, 5.41) is 4.79. The fraction of sp³-hybridized carbons (Fsp3) is 0.0526. The first-order valence-electron chi connectivity index (χ1n) is 13.9. The number of H-pyrrole nitrogens is 1. The summed E-state index contributed by atoms with van der Waals surface area (Å²) in [7, 11) is 0. The second-order valence-electron chi connectivity index (χ2n) is 9.87. The Bertz CT molecular complexity index is 2130. The van der Waals surface area contributed by atoms with Crippen LogP contribution < -0.4 is 0 Å². The summed E-state index contributed by atoms with van der Waals surface area (Å²) in [5.41, 5.74) is 11.2. The van der Waals surface area contributed by atoms with Crippen molar-refractivity contribution >= 4 is 43.7 Å². The number of furan rings is 1. The van der Waals surface area contributed by atoms with E-state index in [2.05, 4.69) is 126 Å². The fourth-order valence-electron chi connectivity index (χ4n) is 5.77. The Kier molecular flexibility index (Phi) is 5.94. The molecule has 8 rings (SSSR count). The van der Waals surface area contributed by atoms with Crippen LogP contribution in [-0.4, -0.2) is 4.98 Å². The quantitative estimate of drug-likeness (QED) is 0.249. The molecule has 0 atom stereocenters. The van der Waals surface area contributed by atoms with Crippen molar-refractivity contribution in [2.75, 3.05) is 0 Å². The molecule has 0 unspecified atom stereocenters. The van der Waals surface area contributed by atoms with Gasteiger partial charge in [-0.1, -0.05) is 105 Å². The highest BCUT2D eigenvalue weighted by molar-refractivity contribution is 6.12. The van der Waals surface area contributed by atoms with Crippen molar-refractivity contribution in [2.24, 2.45) is 0 Å². The van der Waals surface area contributed by atoms with Crippen molar-refractivity contribution in [1.29, 1.82) is 0 Å². The highest BCUT2D eigenvalue weighted by Crippen LogP contribution is 2.39. The summed E-state index contributed by atoms with van der Waals surface area (Å²) in [6, 6.07) is 47.4. The molecular formula is C38H29NO. The third kappa shape index (κ3) is 3.97. The van der Waals surface area contributed by atoms with Crippen LogP contribution in [0.5, 0.6) is 0 Å². The third-order valence-electron chi connectivity index (χ3n) is 7.60. The molecule has 192 valence electrons. The molecular weight excluding hydrogens is 486 g/mol. The van der Waals surface area contributed by atoms with E-state index in [-0.39, 0.29) is 0 Å². The van der Waals surface area contributed by atoms with E-state index in [1.807, 2.05) is 26.0 Å². The molecule has 1 N–H and O–H groups in total. The summed E-state index contributed by atoms with van der Waals surface area (Å²) >= 11 is 0. The number of hydrogen-bond acceptors (Lipinski definition) is 1. The number of aromatic nitrogens is 1. The van der Waals surface area contributed by atoms with Crippen molar-refractivity contribution in [3.05, 3.63) is 133 Å². The van der Waals surface area contributed by atoms with E-state index in [4.69, 9.17) is 4.42 Å². The van der Waals surface area contributed by atoms with Gasteiger partial charge in [0.05, 0.1) is 5.52 Å². The molecule has 6 aromatic carbocycles. The molecule has 0 aliphatic carbocycles. The average Bonchev–Trinajstić information content (AvgIpc) is 3.60. The predicted octanol–water partition coefficient (Wildman–Crippen LogP) is 11.2. The van der Waals surface area contributed by atoms with E-state index < -0.39 is 0 Å². The standard InChI is InChI=1S/C36H23NO.C2H6/c1-2-9-23(10-3-1)25-19-26(24-17-18-31-30-12-5-7-16-34(30)38-35(31)22-24)21-27(20-25)28-13-8-14-32-29-11-4-6-15-33(29)37-36(28)32;1-2/h1-22,37H;1-2H3. The van der Waals surface area contributed by atoms with E-state index in [1.165, 1.54) is 33.0 Å². The maximum absolute atomic E-state index is 6.23. The zero-order valence-corrected chi connectivity index (χ0v) is 22.6. The van der Waals surface area contributed by atoms with Gasteiger partial charge in [0.15, 0.2) is 0 Å². The van der Waals surface area contributed by atoms with Gasteiger partial charge >= 0.3 is 0 Å². The van der Waals surface area contributed by atoms with Crippen molar-refractivity contribution in [3.63, 3.8) is 0 Å². The van der Waals surface area contributed by atoms with Crippen LogP contribution in [0.25, 0.3) is 77.1 Å². The molecule has 0 bridgehead atoms. The minimum Gasteiger partial charge on any atom is -0.456 e. The molecule has 0 fully saturated rings. The van der Waals surface area contributed by atoms with Gasteiger partial charge in [0, 0.05) is 32.6 Å². The minimum absolute atomic E-state index is 0.910. The lowest BCUT2D eigenvalue weighted by atomic mass is 9.92. The number of fused-ring (bicyclic) bond motifs is 6. The van der Waals surface area contributed by atoms with Crippen molar-refractivity contribution in [2.45, 2.75) is 13.8 Å². The molecule has 8 aromatic rings. The highest BCUT2D eigenvalue weighted by atomic mass is 16.3. The molecule has 0 amide bonds. The van der Waals surface area contributed by atoms with Crippen LogP contribution in [0.15, 0.2) is 138 Å². The fourth-order valence-corrected chi connectivity index (χ4v) is 5.77. The van der Waals surface area contributed by atoms with Gasteiger partial charge in [0.1, 0.15) is 11.2 Å². The van der Waals surface area contributed by atoms with Crippen molar-refractivity contribution in [3.8, 4) is 33.4 Å². The second kappa shape index (κ2) is 9.91. The number of para-hydroxylation sites is 3. The molecule has 0 saturated carbocycles. The van der Waals surface area contributed by atoms with Gasteiger partial charge in [-0.25, -0.2) is 0 Å². The lowest BCUT2D eigenvalue weighted by molar-refractivity contribution is 0.669. The molecule has 0 aliphatic heterocycles. The average molecular weight is 516 g/mol. The van der Waals surface area contributed by atoms with E-state index in [9.17, 15) is 0 Å². The van der Waals surface area contributed by atoms with Crippen LogP contribution in [0, 0.1) is 0 Å². The molecule has 0 aliphatic rings. The lowest BCUT2D eigenvalue weighted by Gasteiger charge is -2.12. The number of hydrogen-bond donors (Lipinski definition) is 1. The number of rotatable bonds is 3. The van der Waals surface area contributed by atoms with Gasteiger partial charge < -0.3 is 9.40 Å². The van der Waals surface area contributed by atoms with Gasteiger partial charge in [-0.3, -0.25) is 0 Å². The first-order valence-corrected chi connectivity index (χ1v) is 13.9. The maximum Gasteiger partial charge on any atom is 0.136 e. The Hall–Kier alpha value is -5.08. The third-order valence-corrected chi connectivity index (χ3v) is 7.60. The van der Waals surface area contributed by atoms with Gasteiger partial charge in [0.25, 0.3) is 0 Å². The molecule has 40 heavy (non-hydrogen) atoms. The summed E-state index contributed by atoms with van der Waals surface area (Å²) in [5.74, 6) is 0. The molecule has 2 aromatic heterocycles. The maximum atomic E-state index is 6.23. The smallest absolute Gasteiger partial charge is 0.136 e. The minimum atomic E-state index is 0.910. The predicted molar refractivity (Wildman–Crippen MR) is 171 cm³/mol. The zero-order chi connectivity index (χ0) is 27.1. The summed E-state index contributed by atoms with van der Waals surface area (Å²) < 4.78 is 6.23. The Balaban J connectivity index is 0.00000130. The number of nitrogens with one attached hydrogen (secondary N) is 1. The Morgan fingerprint density at radius 3 is 1.93 bits per heavy atom. The largest absolute Gasteiger partial charge is 0.456 e. The normalized spacial score (nSPS) is 11.2. The van der Waals surface area contributed by atoms with Crippen LogP contribution in [-0.2, 0) is 0 Å². The van der Waals surface area contributed by atoms with Gasteiger partial charge in [-0.05, 0) is 70.3 Å². The van der Waals surface area contributed by atoms with Crippen LogP contribution in [0.2, 0.25) is 0 Å². The lowest BCUT2D eigenvalue weighted by Crippen LogP contribution is -1.87. The zero-order valence-electron chi connectivity index (χ0n) is 22.6. The van der Waals surface area contributed by atoms with E-state index in [0.29, 0.717) is 0 Å². The van der Waals surface area contributed by atoms with Crippen molar-refractivity contribution in [1.82, 2.24) is 4.98 Å². The van der Waals surface area contributed by atoms with E-state index in [0.717, 1.165) is 44.1 Å². The first kappa shape index (κ1) is 24.0. The SMILES string of the molecule is CC.c1ccc(-c2cc(-c3ccc4c(c3)oc3ccccc34)cc(-c3cccc4c3[nH]c3ccccc34)c2)cc1. The Morgan fingerprint density at radius 2 is 1.07 bits per heavy atom. The summed E-state index contributed by atoms with van der Waals surface area (Å²) in [6.07, 6.45) is 0. The van der Waals surface area contributed by atoms with Crippen LogP contribution in [0.1, 0.15) is 13.8 Å². The van der Waals surface area contributed by atoms with E-state index >= 15 is 0 Å². The van der Waals surface area contributed by atoms with Crippen LogP contribution in [0.3, 0.4) is 0 Å². The number of aromatic amines is 1. The van der Waals surface area contributed by atoms with E-state index in [1.54, 1.807) is 0 Å². The number of benzene rings is 6. The Labute approximate surface area is 233 Å². The first-order chi connectivity index (χ1) is 19.8. The second-order valence-corrected chi connectivity index (χ2v) is 9.87. The van der Waals surface area contributed by atoms with Gasteiger partial charge in [-0.15, -0.1) is 0 Å². The molecule has 0 radical (unpaired) electrons. The van der Waals surface area contributed by atoms with Crippen LogP contribution >= 0.6 is 0 Å². The highest BCUT2D eigenvalue weighted by Gasteiger charge is 2.14. The molecule has 2 nitrogen and oxygen atoms in total. The van der Waals surface area contributed by atoms with Crippen molar-refractivity contribution < 1.29 is 4.42 Å².